The first-order valence-electron chi connectivity index (χ1n) is 5.82. The molecule has 1 amide bonds. The lowest BCUT2D eigenvalue weighted by molar-refractivity contribution is -0.380. The number of carboxylic acids is 1. The summed E-state index contributed by atoms with van der Waals surface area (Å²) in [5.41, 5.74) is 0.421. The number of nitrogens with zero attached hydrogens (tertiary/aromatic N) is 1. The summed E-state index contributed by atoms with van der Waals surface area (Å²) in [6, 6.07) is 9.50. The minimum atomic E-state index is -1.21. The molecule has 0 saturated carbocycles. The highest BCUT2D eigenvalue weighted by atomic mass is 32.1. The molecule has 0 saturated heterocycles. The SMILES string of the molecule is O=C(N[C@@H](C(=O)O)c1ccccc1)c1ccc([N+](=O)[O-])s1. The van der Waals surface area contributed by atoms with Crippen molar-refractivity contribution < 1.29 is 19.6 Å². The number of nitro groups is 1. The van der Waals surface area contributed by atoms with Crippen LogP contribution in [-0.2, 0) is 4.79 Å². The van der Waals surface area contributed by atoms with Crippen LogP contribution in [0.25, 0.3) is 0 Å². The number of amides is 1. The van der Waals surface area contributed by atoms with Crippen LogP contribution in [0.4, 0.5) is 5.00 Å². The Balaban J connectivity index is 2.19. The average Bonchev–Trinajstić information content (AvgIpc) is 2.95. The summed E-state index contributed by atoms with van der Waals surface area (Å²) in [7, 11) is 0. The van der Waals surface area contributed by atoms with Gasteiger partial charge in [-0.3, -0.25) is 14.9 Å². The number of nitrogens with one attached hydrogen (secondary N) is 1. The fraction of sp³-hybridized carbons (Fsp3) is 0.0769. The zero-order valence-electron chi connectivity index (χ0n) is 10.6. The summed E-state index contributed by atoms with van der Waals surface area (Å²) in [6.07, 6.45) is 0. The Morgan fingerprint density at radius 1 is 1.19 bits per heavy atom. The Morgan fingerprint density at radius 2 is 1.86 bits per heavy atom. The molecule has 1 atom stereocenters. The molecular weight excluding hydrogens is 296 g/mol. The second-order valence-electron chi connectivity index (χ2n) is 4.05. The molecule has 1 aromatic carbocycles. The number of benzene rings is 1. The van der Waals surface area contributed by atoms with E-state index < -0.39 is 22.8 Å². The van der Waals surface area contributed by atoms with Crippen LogP contribution in [0.15, 0.2) is 42.5 Å². The van der Waals surface area contributed by atoms with E-state index in [-0.39, 0.29) is 9.88 Å². The fourth-order valence-corrected chi connectivity index (χ4v) is 2.41. The van der Waals surface area contributed by atoms with E-state index in [0.717, 1.165) is 0 Å². The van der Waals surface area contributed by atoms with Gasteiger partial charge in [-0.2, -0.15) is 0 Å². The van der Waals surface area contributed by atoms with Crippen LogP contribution in [0.3, 0.4) is 0 Å². The molecule has 0 unspecified atom stereocenters. The number of thiophene rings is 1. The Morgan fingerprint density at radius 3 is 2.38 bits per heavy atom. The number of hydrogen-bond donors (Lipinski definition) is 2. The zero-order valence-corrected chi connectivity index (χ0v) is 11.4. The quantitative estimate of drug-likeness (QED) is 0.650. The monoisotopic (exact) mass is 306 g/mol. The van der Waals surface area contributed by atoms with Crippen LogP contribution in [0.2, 0.25) is 0 Å². The molecule has 2 N–H and O–H groups in total. The van der Waals surface area contributed by atoms with Crippen molar-refractivity contribution in [3.63, 3.8) is 0 Å². The molecule has 108 valence electrons. The largest absolute Gasteiger partial charge is 0.479 e. The lowest BCUT2D eigenvalue weighted by Crippen LogP contribution is -2.33. The van der Waals surface area contributed by atoms with Gasteiger partial charge < -0.3 is 10.4 Å². The molecule has 0 radical (unpaired) electrons. The third-order valence-corrected chi connectivity index (χ3v) is 3.69. The number of rotatable bonds is 5. The van der Waals surface area contributed by atoms with Crippen LogP contribution in [-0.4, -0.2) is 21.9 Å². The van der Waals surface area contributed by atoms with Gasteiger partial charge in [-0.1, -0.05) is 41.7 Å². The highest BCUT2D eigenvalue weighted by Gasteiger charge is 2.24. The van der Waals surface area contributed by atoms with E-state index in [2.05, 4.69) is 5.32 Å². The summed E-state index contributed by atoms with van der Waals surface area (Å²) in [5, 5.41) is 22.0. The van der Waals surface area contributed by atoms with Crippen molar-refractivity contribution in [2.24, 2.45) is 0 Å². The fourth-order valence-electron chi connectivity index (χ4n) is 1.68. The molecule has 0 aliphatic rings. The van der Waals surface area contributed by atoms with Gasteiger partial charge in [0.15, 0.2) is 6.04 Å². The minimum absolute atomic E-state index is 0.0869. The van der Waals surface area contributed by atoms with Gasteiger partial charge in [0.2, 0.25) is 0 Å². The minimum Gasteiger partial charge on any atom is -0.479 e. The third-order valence-electron chi connectivity index (χ3n) is 2.65. The molecule has 0 fully saturated rings. The molecule has 21 heavy (non-hydrogen) atoms. The van der Waals surface area contributed by atoms with Crippen molar-refractivity contribution in [1.29, 1.82) is 0 Å². The second-order valence-corrected chi connectivity index (χ2v) is 5.11. The number of carboxylic acid groups (broad SMARTS) is 1. The molecule has 8 heteroatoms. The van der Waals surface area contributed by atoms with Gasteiger partial charge in [-0.15, -0.1) is 0 Å². The van der Waals surface area contributed by atoms with E-state index in [4.69, 9.17) is 0 Å². The molecular formula is C13H10N2O5S. The Bertz CT molecular complexity index is 683. The molecule has 2 aromatic rings. The van der Waals surface area contributed by atoms with E-state index in [1.807, 2.05) is 0 Å². The van der Waals surface area contributed by atoms with Gasteiger partial charge in [0, 0.05) is 6.07 Å². The van der Waals surface area contributed by atoms with Crippen molar-refractivity contribution in [3.05, 3.63) is 63.0 Å². The topological polar surface area (TPSA) is 110 Å². The average molecular weight is 306 g/mol. The van der Waals surface area contributed by atoms with Crippen molar-refractivity contribution in [2.45, 2.75) is 6.04 Å². The first kappa shape index (κ1) is 14.7. The first-order valence-corrected chi connectivity index (χ1v) is 6.63. The number of aliphatic carboxylic acids is 1. The molecule has 0 aliphatic carbocycles. The van der Waals surface area contributed by atoms with Crippen LogP contribution in [0, 0.1) is 10.1 Å². The molecule has 0 aliphatic heterocycles. The Labute approximate surface area is 123 Å². The molecule has 2 rings (SSSR count). The van der Waals surface area contributed by atoms with Crippen LogP contribution in [0.5, 0.6) is 0 Å². The second kappa shape index (κ2) is 6.14. The summed E-state index contributed by atoms with van der Waals surface area (Å²) in [5.74, 6) is -1.87. The summed E-state index contributed by atoms with van der Waals surface area (Å²) in [4.78, 5) is 33.3. The van der Waals surface area contributed by atoms with Crippen molar-refractivity contribution in [2.75, 3.05) is 0 Å². The molecule has 0 bridgehead atoms. The normalized spacial score (nSPS) is 11.6. The Kier molecular flexibility index (Phi) is 4.29. The van der Waals surface area contributed by atoms with Crippen molar-refractivity contribution in [3.8, 4) is 0 Å². The van der Waals surface area contributed by atoms with Gasteiger partial charge in [-0.25, -0.2) is 4.79 Å². The Hall–Kier alpha value is -2.74. The molecule has 1 aromatic heterocycles. The third kappa shape index (κ3) is 3.42. The lowest BCUT2D eigenvalue weighted by atomic mass is 10.1. The molecule has 0 spiro atoms. The predicted molar refractivity (Wildman–Crippen MR) is 75.3 cm³/mol. The molecule has 7 nitrogen and oxygen atoms in total. The maximum absolute atomic E-state index is 12.0. The van der Waals surface area contributed by atoms with Crippen LogP contribution < -0.4 is 5.32 Å². The summed E-state index contributed by atoms with van der Waals surface area (Å²) >= 11 is 0.694. The standard InChI is InChI=1S/C13H10N2O5S/c16-12(9-6-7-10(21-9)15(19)20)14-11(13(17)18)8-4-2-1-3-5-8/h1-7,11H,(H,14,16)(H,17,18)/t11-/m1/s1. The zero-order chi connectivity index (χ0) is 15.4. The highest BCUT2D eigenvalue weighted by molar-refractivity contribution is 7.17. The van der Waals surface area contributed by atoms with Gasteiger partial charge in [-0.05, 0) is 11.6 Å². The lowest BCUT2D eigenvalue weighted by Gasteiger charge is -2.14. The van der Waals surface area contributed by atoms with Gasteiger partial charge >= 0.3 is 11.0 Å². The van der Waals surface area contributed by atoms with E-state index >= 15 is 0 Å². The van der Waals surface area contributed by atoms with Gasteiger partial charge in [0.05, 0.1) is 9.80 Å². The predicted octanol–water partition coefficient (Wildman–Crippen LogP) is 2.21. The highest BCUT2D eigenvalue weighted by Crippen LogP contribution is 2.24. The van der Waals surface area contributed by atoms with E-state index in [1.165, 1.54) is 12.1 Å². The van der Waals surface area contributed by atoms with Crippen LogP contribution >= 0.6 is 11.3 Å². The van der Waals surface area contributed by atoms with Gasteiger partial charge in [0.25, 0.3) is 5.91 Å². The van der Waals surface area contributed by atoms with Crippen molar-refractivity contribution in [1.82, 2.24) is 5.32 Å². The summed E-state index contributed by atoms with van der Waals surface area (Å²) in [6.45, 7) is 0. The van der Waals surface area contributed by atoms with Crippen LogP contribution in [0.1, 0.15) is 21.3 Å². The van der Waals surface area contributed by atoms with E-state index in [1.54, 1.807) is 30.3 Å². The first-order chi connectivity index (χ1) is 9.99. The van der Waals surface area contributed by atoms with E-state index in [0.29, 0.717) is 16.9 Å². The molecule has 1 heterocycles. The maximum atomic E-state index is 12.0. The number of carbonyl (C=O) groups is 2. The summed E-state index contributed by atoms with van der Waals surface area (Å²) < 4.78 is 0. The van der Waals surface area contributed by atoms with E-state index in [9.17, 15) is 24.8 Å². The van der Waals surface area contributed by atoms with Crippen molar-refractivity contribution >= 4 is 28.2 Å². The van der Waals surface area contributed by atoms with Gasteiger partial charge in [0.1, 0.15) is 0 Å². The number of hydrogen-bond acceptors (Lipinski definition) is 5. The maximum Gasteiger partial charge on any atom is 0.330 e. The number of carbonyl (C=O) groups excluding carboxylic acids is 1. The smallest absolute Gasteiger partial charge is 0.330 e.